The highest BCUT2D eigenvalue weighted by Gasteiger charge is 2.10. The minimum absolute atomic E-state index is 0.308. The number of hydrogen-bond acceptors (Lipinski definition) is 3. The van der Waals surface area contributed by atoms with E-state index in [1.54, 1.807) is 18.2 Å². The zero-order valence-electron chi connectivity index (χ0n) is 11.4. The van der Waals surface area contributed by atoms with Crippen molar-refractivity contribution in [2.24, 2.45) is 0 Å². The number of anilines is 1. The van der Waals surface area contributed by atoms with Gasteiger partial charge in [0.2, 0.25) is 0 Å². The van der Waals surface area contributed by atoms with E-state index in [1.165, 1.54) is 0 Å². The van der Waals surface area contributed by atoms with Gasteiger partial charge in [-0.25, -0.2) is 4.79 Å². The SMILES string of the molecule is Cc1ccc(C(=O)OCC(=O)Nc2ccccc2I)cc1. The van der Waals surface area contributed by atoms with Crippen LogP contribution in [-0.4, -0.2) is 18.5 Å². The first-order chi connectivity index (χ1) is 10.1. The molecule has 4 nitrogen and oxygen atoms in total. The van der Waals surface area contributed by atoms with Gasteiger partial charge in [-0.3, -0.25) is 4.79 Å². The first-order valence-corrected chi connectivity index (χ1v) is 7.42. The van der Waals surface area contributed by atoms with E-state index in [2.05, 4.69) is 27.9 Å². The molecular weight excluding hydrogens is 381 g/mol. The highest BCUT2D eigenvalue weighted by atomic mass is 127. The van der Waals surface area contributed by atoms with E-state index in [0.717, 1.165) is 9.13 Å². The van der Waals surface area contributed by atoms with Gasteiger partial charge in [0.05, 0.1) is 11.3 Å². The molecule has 2 aromatic rings. The van der Waals surface area contributed by atoms with E-state index in [4.69, 9.17) is 4.74 Å². The molecule has 1 N–H and O–H groups in total. The van der Waals surface area contributed by atoms with E-state index < -0.39 is 5.97 Å². The molecule has 0 aliphatic carbocycles. The van der Waals surface area contributed by atoms with Crippen molar-refractivity contribution >= 4 is 40.2 Å². The topological polar surface area (TPSA) is 55.4 Å². The van der Waals surface area contributed by atoms with E-state index in [0.29, 0.717) is 11.3 Å². The number of nitrogens with one attached hydrogen (secondary N) is 1. The number of carbonyl (C=O) groups excluding carboxylic acids is 2. The van der Waals surface area contributed by atoms with Crippen LogP contribution in [0.5, 0.6) is 0 Å². The summed E-state index contributed by atoms with van der Waals surface area (Å²) >= 11 is 2.13. The third-order valence-electron chi connectivity index (χ3n) is 2.77. The van der Waals surface area contributed by atoms with Crippen LogP contribution in [0, 0.1) is 10.5 Å². The maximum atomic E-state index is 11.8. The fraction of sp³-hybridized carbons (Fsp3) is 0.125. The molecule has 0 spiro atoms. The van der Waals surface area contributed by atoms with Gasteiger partial charge in [-0.05, 0) is 53.8 Å². The minimum Gasteiger partial charge on any atom is -0.452 e. The van der Waals surface area contributed by atoms with Gasteiger partial charge in [-0.2, -0.15) is 0 Å². The zero-order valence-corrected chi connectivity index (χ0v) is 13.6. The third-order valence-corrected chi connectivity index (χ3v) is 3.71. The number of amides is 1. The number of benzene rings is 2. The summed E-state index contributed by atoms with van der Waals surface area (Å²) in [5.74, 6) is -0.868. The van der Waals surface area contributed by atoms with Crippen LogP contribution in [0.4, 0.5) is 5.69 Å². The van der Waals surface area contributed by atoms with Crippen molar-refractivity contribution in [3.63, 3.8) is 0 Å². The summed E-state index contributed by atoms with van der Waals surface area (Å²) in [6.45, 7) is 1.63. The molecule has 0 saturated heterocycles. The van der Waals surface area contributed by atoms with Crippen LogP contribution < -0.4 is 5.32 Å². The third kappa shape index (κ3) is 4.56. The highest BCUT2D eigenvalue weighted by Crippen LogP contribution is 2.16. The summed E-state index contributed by atoms with van der Waals surface area (Å²) in [5, 5.41) is 2.70. The maximum Gasteiger partial charge on any atom is 0.338 e. The number of aryl methyl sites for hydroxylation is 1. The van der Waals surface area contributed by atoms with Crippen molar-refractivity contribution in [1.82, 2.24) is 0 Å². The Labute approximate surface area is 136 Å². The fourth-order valence-corrected chi connectivity index (χ4v) is 2.18. The predicted molar refractivity (Wildman–Crippen MR) is 89.3 cm³/mol. The molecule has 0 aliphatic rings. The Morgan fingerprint density at radius 2 is 1.76 bits per heavy atom. The van der Waals surface area contributed by atoms with Crippen molar-refractivity contribution in [2.75, 3.05) is 11.9 Å². The monoisotopic (exact) mass is 395 g/mol. The van der Waals surface area contributed by atoms with Crippen LogP contribution in [0.3, 0.4) is 0 Å². The molecule has 5 heteroatoms. The molecule has 108 valence electrons. The molecule has 2 rings (SSSR count). The van der Waals surface area contributed by atoms with E-state index in [1.807, 2.05) is 37.3 Å². The standard InChI is InChI=1S/C16H14INO3/c1-11-6-8-12(9-7-11)16(20)21-10-15(19)18-14-5-3-2-4-13(14)17/h2-9H,10H2,1H3,(H,18,19). The Morgan fingerprint density at radius 1 is 1.10 bits per heavy atom. The normalized spacial score (nSPS) is 10.0. The Bertz CT molecular complexity index is 653. The Kier molecular flexibility index (Phi) is 5.32. The number of carbonyl (C=O) groups is 2. The summed E-state index contributed by atoms with van der Waals surface area (Å²) in [6, 6.07) is 14.4. The maximum absolute atomic E-state index is 11.8. The number of esters is 1. The molecule has 0 unspecified atom stereocenters. The van der Waals surface area contributed by atoms with Crippen molar-refractivity contribution in [1.29, 1.82) is 0 Å². The first kappa shape index (κ1) is 15.5. The Hall–Kier alpha value is -1.89. The molecule has 1 amide bonds. The van der Waals surface area contributed by atoms with Gasteiger partial charge in [0.25, 0.3) is 5.91 Å². The van der Waals surface area contributed by atoms with Crippen LogP contribution in [-0.2, 0) is 9.53 Å². The lowest BCUT2D eigenvalue weighted by atomic mass is 10.1. The van der Waals surface area contributed by atoms with Crippen LogP contribution in [0.15, 0.2) is 48.5 Å². The largest absolute Gasteiger partial charge is 0.452 e. The predicted octanol–water partition coefficient (Wildman–Crippen LogP) is 3.40. The quantitative estimate of drug-likeness (QED) is 0.638. The Balaban J connectivity index is 1.88. The molecule has 0 heterocycles. The number of hydrogen-bond donors (Lipinski definition) is 1. The van der Waals surface area contributed by atoms with Gasteiger partial charge < -0.3 is 10.1 Å². The molecule has 0 aliphatic heterocycles. The van der Waals surface area contributed by atoms with Crippen molar-refractivity contribution in [3.05, 3.63) is 63.2 Å². The highest BCUT2D eigenvalue weighted by molar-refractivity contribution is 14.1. The van der Waals surface area contributed by atoms with Gasteiger partial charge in [0, 0.05) is 3.57 Å². The summed E-state index contributed by atoms with van der Waals surface area (Å²) in [4.78, 5) is 23.5. The van der Waals surface area contributed by atoms with E-state index in [-0.39, 0.29) is 12.5 Å². The molecule has 0 radical (unpaired) electrons. The summed E-state index contributed by atoms with van der Waals surface area (Å²) < 4.78 is 5.91. The minimum atomic E-state index is -0.507. The van der Waals surface area contributed by atoms with Gasteiger partial charge in [0.1, 0.15) is 0 Å². The van der Waals surface area contributed by atoms with Crippen LogP contribution in [0.25, 0.3) is 0 Å². The smallest absolute Gasteiger partial charge is 0.338 e. The Morgan fingerprint density at radius 3 is 2.43 bits per heavy atom. The molecule has 0 bridgehead atoms. The molecule has 0 atom stereocenters. The molecule has 0 fully saturated rings. The van der Waals surface area contributed by atoms with Gasteiger partial charge in [-0.1, -0.05) is 29.8 Å². The van der Waals surface area contributed by atoms with Crippen molar-refractivity contribution in [2.45, 2.75) is 6.92 Å². The average Bonchev–Trinajstić information content (AvgIpc) is 2.48. The molecule has 0 aromatic heterocycles. The number of para-hydroxylation sites is 1. The van der Waals surface area contributed by atoms with Crippen LogP contribution in [0.1, 0.15) is 15.9 Å². The van der Waals surface area contributed by atoms with Gasteiger partial charge in [-0.15, -0.1) is 0 Å². The molecule has 21 heavy (non-hydrogen) atoms. The van der Waals surface area contributed by atoms with E-state index in [9.17, 15) is 9.59 Å². The van der Waals surface area contributed by atoms with Crippen molar-refractivity contribution < 1.29 is 14.3 Å². The molecule has 2 aromatic carbocycles. The van der Waals surface area contributed by atoms with Gasteiger partial charge in [0.15, 0.2) is 6.61 Å². The van der Waals surface area contributed by atoms with Crippen LogP contribution >= 0.6 is 22.6 Å². The van der Waals surface area contributed by atoms with Gasteiger partial charge >= 0.3 is 5.97 Å². The zero-order chi connectivity index (χ0) is 15.2. The number of ether oxygens (including phenoxy) is 1. The molecule has 0 saturated carbocycles. The summed E-state index contributed by atoms with van der Waals surface area (Å²) in [6.07, 6.45) is 0. The fourth-order valence-electron chi connectivity index (χ4n) is 1.65. The number of rotatable bonds is 4. The number of halogens is 1. The second-order valence-corrected chi connectivity index (χ2v) is 5.63. The molecular formula is C16H14INO3. The first-order valence-electron chi connectivity index (χ1n) is 6.34. The summed E-state index contributed by atoms with van der Waals surface area (Å²) in [7, 11) is 0. The van der Waals surface area contributed by atoms with Crippen LogP contribution in [0.2, 0.25) is 0 Å². The van der Waals surface area contributed by atoms with E-state index >= 15 is 0 Å². The lowest BCUT2D eigenvalue weighted by Crippen LogP contribution is -2.21. The average molecular weight is 395 g/mol. The van der Waals surface area contributed by atoms with Crippen molar-refractivity contribution in [3.8, 4) is 0 Å². The lowest BCUT2D eigenvalue weighted by Gasteiger charge is -2.08. The lowest BCUT2D eigenvalue weighted by molar-refractivity contribution is -0.119. The summed E-state index contributed by atoms with van der Waals surface area (Å²) in [5.41, 5.74) is 2.19. The second-order valence-electron chi connectivity index (χ2n) is 4.47. The second kappa shape index (κ2) is 7.21.